The van der Waals surface area contributed by atoms with Gasteiger partial charge >= 0.3 is 0 Å². The Morgan fingerprint density at radius 3 is 2.33 bits per heavy atom. The Kier molecular flexibility index (Phi) is 3.18. The van der Waals surface area contributed by atoms with E-state index < -0.39 is 0 Å². The van der Waals surface area contributed by atoms with E-state index in [1.165, 1.54) is 6.92 Å². The Balaban J connectivity index is 2.47. The number of ketones is 1. The van der Waals surface area contributed by atoms with Gasteiger partial charge in [0.05, 0.1) is 5.56 Å². The number of fused-ring (bicyclic) bond motifs is 1. The number of aryl methyl sites for hydroxylation is 1. The molecule has 0 spiro atoms. The van der Waals surface area contributed by atoms with Crippen molar-refractivity contribution in [1.82, 2.24) is 4.98 Å². The van der Waals surface area contributed by atoms with Crippen LogP contribution >= 0.6 is 0 Å². The van der Waals surface area contributed by atoms with Crippen LogP contribution in [0, 0.1) is 6.92 Å². The molecule has 0 bridgehead atoms. The van der Waals surface area contributed by atoms with Crippen LogP contribution in [0.25, 0.3) is 22.0 Å². The van der Waals surface area contributed by atoms with Crippen LogP contribution in [0.2, 0.25) is 0 Å². The molecular formula is C18H15NO2. The Labute approximate surface area is 122 Å². The summed E-state index contributed by atoms with van der Waals surface area (Å²) in [5.74, 6) is -0.224. The van der Waals surface area contributed by atoms with Crippen molar-refractivity contribution < 1.29 is 4.79 Å². The molecule has 0 aliphatic heterocycles. The number of nitrogens with one attached hydrogen (secondary N) is 1. The summed E-state index contributed by atoms with van der Waals surface area (Å²) in [6.45, 7) is 3.43. The number of carbonyl (C=O) groups is 1. The molecule has 0 saturated carbocycles. The normalized spacial score (nSPS) is 10.8. The fourth-order valence-electron chi connectivity index (χ4n) is 2.60. The number of Topliss-reactive ketones (excluding diaryl/α,β-unsaturated/α-hetero) is 1. The number of carbonyl (C=O) groups excluding carboxylic acids is 1. The summed E-state index contributed by atoms with van der Waals surface area (Å²) in [7, 11) is 0. The number of aromatic amines is 1. The Hall–Kier alpha value is -2.68. The molecule has 1 N–H and O–H groups in total. The first kappa shape index (κ1) is 13.3. The summed E-state index contributed by atoms with van der Waals surface area (Å²) in [6.07, 6.45) is 0. The lowest BCUT2D eigenvalue weighted by molar-refractivity contribution is 0.101. The Bertz CT molecular complexity index is 889. The minimum absolute atomic E-state index is 0.220. The molecule has 0 saturated heterocycles. The zero-order chi connectivity index (χ0) is 15.0. The maximum atomic E-state index is 12.3. The SMILES string of the molecule is CC(=O)c1c(-c2ccc(C)cc2)c2ccccc2[nH]c1=O. The van der Waals surface area contributed by atoms with Gasteiger partial charge in [-0.25, -0.2) is 0 Å². The molecule has 1 aromatic heterocycles. The molecule has 2 aromatic carbocycles. The maximum absolute atomic E-state index is 12.3. The van der Waals surface area contributed by atoms with Gasteiger partial charge in [-0.2, -0.15) is 0 Å². The van der Waals surface area contributed by atoms with E-state index in [1.807, 2.05) is 55.5 Å². The van der Waals surface area contributed by atoms with Crippen molar-refractivity contribution in [3.05, 3.63) is 70.0 Å². The highest BCUT2D eigenvalue weighted by molar-refractivity contribution is 6.08. The summed E-state index contributed by atoms with van der Waals surface area (Å²) in [5.41, 5.74) is 3.35. The molecule has 0 atom stereocenters. The molecule has 0 aliphatic carbocycles. The minimum atomic E-state index is -0.336. The zero-order valence-electron chi connectivity index (χ0n) is 11.9. The van der Waals surface area contributed by atoms with E-state index in [2.05, 4.69) is 4.98 Å². The number of hydrogen-bond acceptors (Lipinski definition) is 2. The quantitative estimate of drug-likeness (QED) is 0.726. The lowest BCUT2D eigenvalue weighted by Gasteiger charge is -2.11. The molecule has 3 heteroatoms. The van der Waals surface area contributed by atoms with Crippen LogP contribution in [0.1, 0.15) is 22.8 Å². The van der Waals surface area contributed by atoms with Crippen molar-refractivity contribution in [2.24, 2.45) is 0 Å². The predicted octanol–water partition coefficient (Wildman–Crippen LogP) is 3.71. The van der Waals surface area contributed by atoms with E-state index in [0.717, 1.165) is 22.0 Å². The van der Waals surface area contributed by atoms with Crippen LogP contribution in [-0.4, -0.2) is 10.8 Å². The molecule has 104 valence electrons. The van der Waals surface area contributed by atoms with Crippen molar-refractivity contribution in [2.75, 3.05) is 0 Å². The van der Waals surface area contributed by atoms with Crippen molar-refractivity contribution >= 4 is 16.7 Å². The number of pyridine rings is 1. The van der Waals surface area contributed by atoms with Crippen LogP contribution < -0.4 is 5.56 Å². The Morgan fingerprint density at radius 2 is 1.67 bits per heavy atom. The molecule has 0 fully saturated rings. The van der Waals surface area contributed by atoms with Crippen LogP contribution in [0.15, 0.2) is 53.3 Å². The average molecular weight is 277 g/mol. The van der Waals surface area contributed by atoms with Gasteiger partial charge in [-0.1, -0.05) is 48.0 Å². The number of para-hydroxylation sites is 1. The number of benzene rings is 2. The molecule has 3 rings (SSSR count). The predicted molar refractivity (Wildman–Crippen MR) is 84.7 cm³/mol. The summed E-state index contributed by atoms with van der Waals surface area (Å²) >= 11 is 0. The van der Waals surface area contributed by atoms with E-state index in [9.17, 15) is 9.59 Å². The summed E-state index contributed by atoms with van der Waals surface area (Å²) in [4.78, 5) is 27.0. The van der Waals surface area contributed by atoms with Gasteiger partial charge in [-0.3, -0.25) is 9.59 Å². The number of aromatic nitrogens is 1. The zero-order valence-corrected chi connectivity index (χ0v) is 11.9. The van der Waals surface area contributed by atoms with E-state index >= 15 is 0 Å². The first-order chi connectivity index (χ1) is 10.1. The van der Waals surface area contributed by atoms with E-state index in [4.69, 9.17) is 0 Å². The first-order valence-electron chi connectivity index (χ1n) is 6.81. The van der Waals surface area contributed by atoms with Gasteiger partial charge in [0, 0.05) is 16.5 Å². The molecule has 21 heavy (non-hydrogen) atoms. The average Bonchev–Trinajstić information content (AvgIpc) is 2.46. The van der Waals surface area contributed by atoms with Gasteiger partial charge in [0.15, 0.2) is 5.78 Å². The molecule has 3 nitrogen and oxygen atoms in total. The van der Waals surface area contributed by atoms with Gasteiger partial charge < -0.3 is 4.98 Å². The topological polar surface area (TPSA) is 49.9 Å². The van der Waals surface area contributed by atoms with Crippen molar-refractivity contribution in [1.29, 1.82) is 0 Å². The molecule has 0 aliphatic rings. The van der Waals surface area contributed by atoms with Crippen LogP contribution in [0.4, 0.5) is 0 Å². The second-order valence-corrected chi connectivity index (χ2v) is 5.17. The van der Waals surface area contributed by atoms with Crippen molar-refractivity contribution in [3.63, 3.8) is 0 Å². The number of H-pyrrole nitrogens is 1. The fourth-order valence-corrected chi connectivity index (χ4v) is 2.60. The molecule has 3 aromatic rings. The van der Waals surface area contributed by atoms with Gasteiger partial charge in [0.25, 0.3) is 5.56 Å². The third-order valence-electron chi connectivity index (χ3n) is 3.61. The minimum Gasteiger partial charge on any atom is -0.321 e. The lowest BCUT2D eigenvalue weighted by atomic mass is 9.94. The highest BCUT2D eigenvalue weighted by Gasteiger charge is 2.17. The number of hydrogen-bond donors (Lipinski definition) is 1. The monoisotopic (exact) mass is 277 g/mol. The lowest BCUT2D eigenvalue weighted by Crippen LogP contribution is -2.18. The largest absolute Gasteiger partial charge is 0.321 e. The highest BCUT2D eigenvalue weighted by atomic mass is 16.1. The second kappa shape index (κ2) is 5.02. The summed E-state index contributed by atoms with van der Waals surface area (Å²) < 4.78 is 0. The fraction of sp³-hybridized carbons (Fsp3) is 0.111. The van der Waals surface area contributed by atoms with Gasteiger partial charge in [0.2, 0.25) is 0 Å². The van der Waals surface area contributed by atoms with Crippen molar-refractivity contribution in [2.45, 2.75) is 13.8 Å². The van der Waals surface area contributed by atoms with E-state index in [-0.39, 0.29) is 16.9 Å². The van der Waals surface area contributed by atoms with Gasteiger partial charge in [-0.15, -0.1) is 0 Å². The second-order valence-electron chi connectivity index (χ2n) is 5.17. The van der Waals surface area contributed by atoms with Crippen LogP contribution in [-0.2, 0) is 0 Å². The highest BCUT2D eigenvalue weighted by Crippen LogP contribution is 2.29. The van der Waals surface area contributed by atoms with E-state index in [0.29, 0.717) is 5.56 Å². The Morgan fingerprint density at radius 1 is 1.00 bits per heavy atom. The molecule has 0 amide bonds. The third-order valence-corrected chi connectivity index (χ3v) is 3.61. The maximum Gasteiger partial charge on any atom is 0.259 e. The molecule has 0 unspecified atom stereocenters. The standard InChI is InChI=1S/C18H15NO2/c1-11-7-9-13(10-8-11)17-14-5-3-4-6-15(14)19-18(21)16(17)12(2)20/h3-10H,1-2H3,(H,19,21). The summed E-state index contributed by atoms with van der Waals surface area (Å²) in [5, 5.41) is 0.881. The smallest absolute Gasteiger partial charge is 0.259 e. The van der Waals surface area contributed by atoms with Crippen molar-refractivity contribution in [3.8, 4) is 11.1 Å². The molecular weight excluding hydrogens is 262 g/mol. The molecule has 0 radical (unpaired) electrons. The summed E-state index contributed by atoms with van der Waals surface area (Å²) in [6, 6.07) is 15.4. The first-order valence-corrected chi connectivity index (χ1v) is 6.81. The van der Waals surface area contributed by atoms with Gasteiger partial charge in [-0.05, 0) is 25.5 Å². The van der Waals surface area contributed by atoms with Crippen LogP contribution in [0.5, 0.6) is 0 Å². The van der Waals surface area contributed by atoms with Gasteiger partial charge in [0.1, 0.15) is 0 Å². The molecule has 1 heterocycles. The van der Waals surface area contributed by atoms with Crippen LogP contribution in [0.3, 0.4) is 0 Å². The number of rotatable bonds is 2. The van der Waals surface area contributed by atoms with E-state index in [1.54, 1.807) is 0 Å². The third kappa shape index (κ3) is 2.27.